The van der Waals surface area contributed by atoms with E-state index in [-0.39, 0.29) is 12.7 Å². The first-order valence-electron chi connectivity index (χ1n) is 9.45. The molecule has 0 N–H and O–H groups in total. The van der Waals surface area contributed by atoms with Crippen molar-refractivity contribution in [3.05, 3.63) is 54.4 Å². The van der Waals surface area contributed by atoms with Crippen molar-refractivity contribution in [1.82, 2.24) is 24.4 Å². The van der Waals surface area contributed by atoms with Crippen LogP contribution in [-0.4, -0.2) is 63.3 Å². The molecule has 3 aromatic rings. The number of imidazole rings is 1. The van der Waals surface area contributed by atoms with Gasteiger partial charge in [-0.2, -0.15) is 0 Å². The van der Waals surface area contributed by atoms with E-state index in [1.54, 1.807) is 30.7 Å². The molecule has 0 spiro atoms. The van der Waals surface area contributed by atoms with Crippen LogP contribution in [0, 0.1) is 6.92 Å². The van der Waals surface area contributed by atoms with Gasteiger partial charge in [0.15, 0.2) is 11.5 Å². The van der Waals surface area contributed by atoms with Crippen LogP contribution >= 0.6 is 0 Å². The van der Waals surface area contributed by atoms with Crippen LogP contribution in [0.4, 0.5) is 5.82 Å². The average Bonchev–Trinajstić information content (AvgIpc) is 3.44. The molecule has 0 atom stereocenters. The summed E-state index contributed by atoms with van der Waals surface area (Å²) in [7, 11) is 0. The molecule has 1 fully saturated rings. The van der Waals surface area contributed by atoms with Crippen LogP contribution in [0.15, 0.2) is 43.0 Å². The van der Waals surface area contributed by atoms with Gasteiger partial charge in [0, 0.05) is 50.2 Å². The summed E-state index contributed by atoms with van der Waals surface area (Å²) in [5.41, 5.74) is 0.614. The summed E-state index contributed by atoms with van der Waals surface area (Å²) in [5, 5.41) is 0. The zero-order valence-electron chi connectivity index (χ0n) is 16.0. The number of anilines is 1. The number of carbonyl (C=O) groups excluding carboxylic acids is 1. The number of piperazine rings is 1. The molecule has 4 heterocycles. The van der Waals surface area contributed by atoms with Gasteiger partial charge in [-0.1, -0.05) is 0 Å². The van der Waals surface area contributed by atoms with Gasteiger partial charge in [0.05, 0.1) is 0 Å². The van der Waals surface area contributed by atoms with Gasteiger partial charge >= 0.3 is 0 Å². The van der Waals surface area contributed by atoms with Gasteiger partial charge in [0.2, 0.25) is 6.79 Å². The van der Waals surface area contributed by atoms with Crippen molar-refractivity contribution >= 4 is 11.7 Å². The summed E-state index contributed by atoms with van der Waals surface area (Å²) in [5.74, 6) is 3.64. The Morgan fingerprint density at radius 1 is 1.00 bits per heavy atom. The average molecular weight is 392 g/mol. The van der Waals surface area contributed by atoms with E-state index in [1.807, 2.05) is 28.7 Å². The molecule has 1 aromatic carbocycles. The Balaban J connectivity index is 1.29. The maximum atomic E-state index is 12.9. The fourth-order valence-electron chi connectivity index (χ4n) is 3.58. The summed E-state index contributed by atoms with van der Waals surface area (Å²) in [6.07, 6.45) is 5.29. The normalized spacial score (nSPS) is 15.6. The van der Waals surface area contributed by atoms with Crippen LogP contribution < -0.4 is 14.4 Å². The summed E-state index contributed by atoms with van der Waals surface area (Å²) >= 11 is 0. The molecule has 9 heteroatoms. The van der Waals surface area contributed by atoms with Crippen molar-refractivity contribution in [3.8, 4) is 17.3 Å². The molecule has 0 radical (unpaired) electrons. The van der Waals surface area contributed by atoms with Crippen molar-refractivity contribution in [3.63, 3.8) is 0 Å². The lowest BCUT2D eigenvalue weighted by Crippen LogP contribution is -2.49. The second kappa shape index (κ2) is 7.08. The standard InChI is InChI=1S/C20H20N6O3/c1-14-22-18(11-19(23-14)26-5-4-21-12-26)24-6-8-25(9-7-24)20(27)15-2-3-16-17(10-15)29-13-28-16/h2-5,10-12H,6-9,13H2,1H3. The fourth-order valence-corrected chi connectivity index (χ4v) is 3.58. The summed E-state index contributed by atoms with van der Waals surface area (Å²) < 4.78 is 12.6. The number of aromatic nitrogens is 4. The molecule has 0 unspecified atom stereocenters. The molecule has 9 nitrogen and oxygen atoms in total. The molecule has 0 bridgehead atoms. The molecule has 1 amide bonds. The van der Waals surface area contributed by atoms with Crippen LogP contribution in [-0.2, 0) is 0 Å². The number of hydrogen-bond donors (Lipinski definition) is 0. The lowest BCUT2D eigenvalue weighted by molar-refractivity contribution is 0.0746. The Bertz CT molecular complexity index is 1040. The third-order valence-corrected chi connectivity index (χ3v) is 5.09. The first kappa shape index (κ1) is 17.5. The van der Waals surface area contributed by atoms with Crippen molar-refractivity contribution in [2.75, 3.05) is 37.9 Å². The number of fused-ring (bicyclic) bond motifs is 1. The zero-order chi connectivity index (χ0) is 19.8. The summed E-state index contributed by atoms with van der Waals surface area (Å²) in [4.78, 5) is 30.1. The molecular formula is C20H20N6O3. The van der Waals surface area contributed by atoms with Gasteiger partial charge in [0.25, 0.3) is 5.91 Å². The van der Waals surface area contributed by atoms with Crippen molar-refractivity contribution in [2.24, 2.45) is 0 Å². The van der Waals surface area contributed by atoms with Gasteiger partial charge in [-0.15, -0.1) is 0 Å². The number of aryl methyl sites for hydroxylation is 1. The first-order chi connectivity index (χ1) is 14.2. The first-order valence-corrected chi connectivity index (χ1v) is 9.45. The molecular weight excluding hydrogens is 372 g/mol. The van der Waals surface area contributed by atoms with Crippen molar-refractivity contribution in [1.29, 1.82) is 0 Å². The Hall–Kier alpha value is -3.62. The minimum Gasteiger partial charge on any atom is -0.454 e. The van der Waals surface area contributed by atoms with E-state index in [0.717, 1.165) is 11.6 Å². The predicted octanol–water partition coefficient (Wildman–Crippen LogP) is 1.66. The van der Waals surface area contributed by atoms with E-state index < -0.39 is 0 Å². The fraction of sp³-hybridized carbons (Fsp3) is 0.300. The highest BCUT2D eigenvalue weighted by atomic mass is 16.7. The Kier molecular flexibility index (Phi) is 4.27. The van der Waals surface area contributed by atoms with E-state index in [4.69, 9.17) is 9.47 Å². The van der Waals surface area contributed by atoms with Gasteiger partial charge in [-0.3, -0.25) is 9.36 Å². The molecule has 2 aromatic heterocycles. The number of hydrogen-bond acceptors (Lipinski definition) is 7. The molecule has 148 valence electrons. The van der Waals surface area contributed by atoms with Crippen LogP contribution in [0.25, 0.3) is 5.82 Å². The minimum absolute atomic E-state index is 0.000854. The SMILES string of the molecule is Cc1nc(N2CCN(C(=O)c3ccc4c(c3)OCO4)CC2)cc(-n2ccnc2)n1. The van der Waals surface area contributed by atoms with Crippen molar-refractivity contribution < 1.29 is 14.3 Å². The number of nitrogens with zero attached hydrogens (tertiary/aromatic N) is 6. The van der Waals surface area contributed by atoms with Gasteiger partial charge in [-0.25, -0.2) is 15.0 Å². The monoisotopic (exact) mass is 392 g/mol. The van der Waals surface area contributed by atoms with Crippen LogP contribution in [0.1, 0.15) is 16.2 Å². The molecule has 29 heavy (non-hydrogen) atoms. The number of carbonyl (C=O) groups is 1. The van der Waals surface area contributed by atoms with Crippen molar-refractivity contribution in [2.45, 2.75) is 6.92 Å². The highest BCUT2D eigenvalue weighted by molar-refractivity contribution is 5.95. The maximum absolute atomic E-state index is 12.9. The van der Waals surface area contributed by atoms with E-state index in [2.05, 4.69) is 19.9 Å². The van der Waals surface area contributed by atoms with Gasteiger partial charge < -0.3 is 19.3 Å². The van der Waals surface area contributed by atoms with Crippen LogP contribution in [0.5, 0.6) is 11.5 Å². The number of amides is 1. The van der Waals surface area contributed by atoms with E-state index >= 15 is 0 Å². The Morgan fingerprint density at radius 2 is 1.79 bits per heavy atom. The smallest absolute Gasteiger partial charge is 0.254 e. The van der Waals surface area contributed by atoms with Gasteiger partial charge in [0.1, 0.15) is 23.8 Å². The largest absolute Gasteiger partial charge is 0.454 e. The molecule has 0 aliphatic carbocycles. The Morgan fingerprint density at radius 3 is 2.59 bits per heavy atom. The van der Waals surface area contributed by atoms with Gasteiger partial charge in [-0.05, 0) is 25.1 Å². The molecule has 0 saturated carbocycles. The third-order valence-electron chi connectivity index (χ3n) is 5.09. The maximum Gasteiger partial charge on any atom is 0.254 e. The molecule has 1 saturated heterocycles. The lowest BCUT2D eigenvalue weighted by atomic mass is 10.1. The molecule has 5 rings (SSSR count). The number of ether oxygens (including phenoxy) is 2. The third kappa shape index (κ3) is 3.35. The second-order valence-electron chi connectivity index (χ2n) is 6.95. The van der Waals surface area contributed by atoms with E-state index in [1.165, 1.54) is 0 Å². The second-order valence-corrected chi connectivity index (χ2v) is 6.95. The molecule has 2 aliphatic heterocycles. The summed E-state index contributed by atoms with van der Waals surface area (Å²) in [6, 6.07) is 7.27. The number of rotatable bonds is 3. The lowest BCUT2D eigenvalue weighted by Gasteiger charge is -2.35. The summed E-state index contributed by atoms with van der Waals surface area (Å²) in [6.45, 7) is 4.73. The predicted molar refractivity (Wildman–Crippen MR) is 105 cm³/mol. The highest BCUT2D eigenvalue weighted by Crippen LogP contribution is 2.33. The minimum atomic E-state index is 0.000854. The molecule has 2 aliphatic rings. The zero-order valence-corrected chi connectivity index (χ0v) is 16.0. The number of benzene rings is 1. The Labute approximate surface area is 167 Å². The quantitative estimate of drug-likeness (QED) is 0.670. The van der Waals surface area contributed by atoms with E-state index in [9.17, 15) is 4.79 Å². The van der Waals surface area contributed by atoms with Crippen LogP contribution in [0.2, 0.25) is 0 Å². The topological polar surface area (TPSA) is 85.6 Å². The van der Waals surface area contributed by atoms with Crippen LogP contribution in [0.3, 0.4) is 0 Å². The highest BCUT2D eigenvalue weighted by Gasteiger charge is 2.25. The van der Waals surface area contributed by atoms with E-state index in [0.29, 0.717) is 49.1 Å².